The summed E-state index contributed by atoms with van der Waals surface area (Å²) in [4.78, 5) is 10.6. The van der Waals surface area contributed by atoms with Gasteiger partial charge in [0.15, 0.2) is 0 Å². The Morgan fingerprint density at radius 2 is 1.92 bits per heavy atom. The summed E-state index contributed by atoms with van der Waals surface area (Å²) >= 11 is 0. The number of nitrogens with one attached hydrogen (secondary N) is 2. The smallest absolute Gasteiger partial charge is 0.211 e. The van der Waals surface area contributed by atoms with E-state index in [9.17, 15) is 9.18 Å². The van der Waals surface area contributed by atoms with Crippen LogP contribution in [-0.2, 0) is 4.79 Å². The molecule has 5 heteroatoms. The first-order valence-electron chi connectivity index (χ1n) is 7.94. The van der Waals surface area contributed by atoms with Crippen LogP contribution in [0.15, 0.2) is 42.5 Å². The number of carbonyl (C=O) groups is 1. The van der Waals surface area contributed by atoms with Gasteiger partial charge in [-0.3, -0.25) is 4.79 Å². The molecule has 2 N–H and O–H groups in total. The maximum absolute atomic E-state index is 13.8. The average molecular weight is 323 g/mol. The van der Waals surface area contributed by atoms with Gasteiger partial charge in [0.25, 0.3) is 0 Å². The van der Waals surface area contributed by atoms with Crippen molar-refractivity contribution in [3.8, 4) is 6.07 Å². The topological polar surface area (TPSA) is 64.9 Å². The minimum absolute atomic E-state index is 0.119. The zero-order valence-electron chi connectivity index (χ0n) is 13.1. The van der Waals surface area contributed by atoms with E-state index in [1.54, 1.807) is 24.3 Å². The SMILES string of the molecule is N#Cc1ccc(C(NCC2CC2)c2ccc(F)c(NC=O)c2)cc1. The second kappa shape index (κ2) is 7.24. The van der Waals surface area contributed by atoms with Crippen LogP contribution in [0, 0.1) is 23.1 Å². The minimum Gasteiger partial charge on any atom is -0.326 e. The molecule has 3 rings (SSSR count). The number of benzene rings is 2. The fourth-order valence-electron chi connectivity index (χ4n) is 2.68. The highest BCUT2D eigenvalue weighted by Gasteiger charge is 2.23. The van der Waals surface area contributed by atoms with Crippen LogP contribution in [0.5, 0.6) is 0 Å². The summed E-state index contributed by atoms with van der Waals surface area (Å²) < 4.78 is 13.8. The lowest BCUT2D eigenvalue weighted by Gasteiger charge is -2.21. The van der Waals surface area contributed by atoms with E-state index in [1.165, 1.54) is 18.9 Å². The first-order chi connectivity index (χ1) is 11.7. The second-order valence-electron chi connectivity index (χ2n) is 6.02. The highest BCUT2D eigenvalue weighted by Crippen LogP contribution is 2.31. The van der Waals surface area contributed by atoms with E-state index in [-0.39, 0.29) is 11.7 Å². The summed E-state index contributed by atoms with van der Waals surface area (Å²) in [5.41, 5.74) is 2.63. The molecule has 1 aliphatic carbocycles. The number of anilines is 1. The second-order valence-corrected chi connectivity index (χ2v) is 6.02. The molecule has 1 amide bonds. The molecule has 24 heavy (non-hydrogen) atoms. The number of carbonyl (C=O) groups excluding carboxylic acids is 1. The van der Waals surface area contributed by atoms with Gasteiger partial charge in [0.05, 0.1) is 23.4 Å². The van der Waals surface area contributed by atoms with Crippen molar-refractivity contribution in [1.29, 1.82) is 5.26 Å². The number of hydrogen-bond donors (Lipinski definition) is 2. The Labute approximate surface area is 140 Å². The normalized spacial score (nSPS) is 14.7. The van der Waals surface area contributed by atoms with Crippen LogP contribution in [-0.4, -0.2) is 13.0 Å². The van der Waals surface area contributed by atoms with Gasteiger partial charge in [0, 0.05) is 0 Å². The lowest BCUT2D eigenvalue weighted by Crippen LogP contribution is -2.24. The predicted octanol–water partition coefficient (Wildman–Crippen LogP) is 3.35. The highest BCUT2D eigenvalue weighted by atomic mass is 19.1. The molecular weight excluding hydrogens is 305 g/mol. The molecule has 1 saturated carbocycles. The van der Waals surface area contributed by atoms with Crippen LogP contribution in [0.4, 0.5) is 10.1 Å². The molecule has 0 spiro atoms. The Kier molecular flexibility index (Phi) is 4.88. The Bertz CT molecular complexity index is 763. The van der Waals surface area contributed by atoms with Gasteiger partial charge in [0.1, 0.15) is 5.82 Å². The van der Waals surface area contributed by atoms with E-state index in [4.69, 9.17) is 5.26 Å². The molecule has 122 valence electrons. The molecule has 0 radical (unpaired) electrons. The van der Waals surface area contributed by atoms with Crippen molar-refractivity contribution in [1.82, 2.24) is 5.32 Å². The fraction of sp³-hybridized carbons (Fsp3) is 0.263. The lowest BCUT2D eigenvalue weighted by molar-refractivity contribution is -0.105. The van der Waals surface area contributed by atoms with Crippen molar-refractivity contribution in [2.45, 2.75) is 18.9 Å². The zero-order chi connectivity index (χ0) is 16.9. The summed E-state index contributed by atoms with van der Waals surface area (Å²) in [5, 5.41) is 14.9. The molecule has 0 bridgehead atoms. The quantitative estimate of drug-likeness (QED) is 0.768. The van der Waals surface area contributed by atoms with Crippen molar-refractivity contribution in [2.75, 3.05) is 11.9 Å². The molecule has 1 aliphatic rings. The minimum atomic E-state index is -0.466. The van der Waals surface area contributed by atoms with Crippen LogP contribution >= 0.6 is 0 Å². The summed E-state index contributed by atoms with van der Waals surface area (Å²) in [6.07, 6.45) is 2.93. The Balaban J connectivity index is 1.92. The van der Waals surface area contributed by atoms with Gasteiger partial charge in [-0.2, -0.15) is 5.26 Å². The number of nitrogens with zero attached hydrogens (tertiary/aromatic N) is 1. The number of halogens is 1. The summed E-state index contributed by atoms with van der Waals surface area (Å²) in [7, 11) is 0. The third-order valence-corrected chi connectivity index (χ3v) is 4.22. The van der Waals surface area contributed by atoms with E-state index >= 15 is 0 Å². The maximum atomic E-state index is 13.8. The van der Waals surface area contributed by atoms with Crippen LogP contribution in [0.25, 0.3) is 0 Å². The number of rotatable bonds is 7. The summed E-state index contributed by atoms with van der Waals surface area (Å²) in [6, 6.07) is 14.1. The van der Waals surface area contributed by atoms with Gasteiger partial charge in [-0.05, 0) is 60.7 Å². The Morgan fingerprint density at radius 1 is 1.21 bits per heavy atom. The Morgan fingerprint density at radius 3 is 2.54 bits per heavy atom. The molecule has 0 saturated heterocycles. The average Bonchev–Trinajstić information content (AvgIpc) is 3.43. The van der Waals surface area contributed by atoms with Crippen LogP contribution < -0.4 is 10.6 Å². The van der Waals surface area contributed by atoms with Crippen LogP contribution in [0.1, 0.15) is 35.6 Å². The molecule has 2 aromatic carbocycles. The molecule has 1 fully saturated rings. The zero-order valence-corrected chi connectivity index (χ0v) is 13.1. The van der Waals surface area contributed by atoms with Gasteiger partial charge in [-0.15, -0.1) is 0 Å². The Hall–Kier alpha value is -2.71. The largest absolute Gasteiger partial charge is 0.326 e. The van der Waals surface area contributed by atoms with E-state index in [2.05, 4.69) is 16.7 Å². The molecular formula is C19H18FN3O. The van der Waals surface area contributed by atoms with Gasteiger partial charge < -0.3 is 10.6 Å². The third-order valence-electron chi connectivity index (χ3n) is 4.22. The van der Waals surface area contributed by atoms with Gasteiger partial charge in [0.2, 0.25) is 6.41 Å². The van der Waals surface area contributed by atoms with Gasteiger partial charge in [-0.1, -0.05) is 18.2 Å². The molecule has 2 aromatic rings. The molecule has 0 heterocycles. The van der Waals surface area contributed by atoms with Crippen molar-refractivity contribution in [3.05, 3.63) is 65.0 Å². The van der Waals surface area contributed by atoms with Crippen molar-refractivity contribution >= 4 is 12.1 Å². The molecule has 4 nitrogen and oxygen atoms in total. The molecule has 1 atom stereocenters. The fourth-order valence-corrected chi connectivity index (χ4v) is 2.68. The summed E-state index contributed by atoms with van der Waals surface area (Å²) in [6.45, 7) is 0.887. The number of hydrogen-bond acceptors (Lipinski definition) is 3. The van der Waals surface area contributed by atoms with E-state index in [1.807, 2.05) is 12.1 Å². The lowest BCUT2D eigenvalue weighted by atomic mass is 9.97. The van der Waals surface area contributed by atoms with E-state index in [0.717, 1.165) is 17.7 Å². The van der Waals surface area contributed by atoms with Gasteiger partial charge in [-0.25, -0.2) is 4.39 Å². The third kappa shape index (κ3) is 3.79. The molecule has 0 aliphatic heterocycles. The summed E-state index contributed by atoms with van der Waals surface area (Å²) in [5.74, 6) is 0.227. The molecule has 1 unspecified atom stereocenters. The monoisotopic (exact) mass is 323 g/mol. The van der Waals surface area contributed by atoms with Crippen molar-refractivity contribution in [3.63, 3.8) is 0 Å². The van der Waals surface area contributed by atoms with E-state index < -0.39 is 5.82 Å². The standard InChI is InChI=1S/C19H18FN3O/c20-17-8-7-16(9-18(17)23-12-24)19(22-11-14-1-2-14)15-5-3-13(10-21)4-6-15/h3-9,12,14,19,22H,1-2,11H2,(H,23,24). The maximum Gasteiger partial charge on any atom is 0.211 e. The number of nitriles is 1. The first-order valence-corrected chi connectivity index (χ1v) is 7.94. The van der Waals surface area contributed by atoms with Crippen LogP contribution in [0.3, 0.4) is 0 Å². The van der Waals surface area contributed by atoms with Crippen molar-refractivity contribution in [2.24, 2.45) is 5.92 Å². The predicted molar refractivity (Wildman–Crippen MR) is 89.8 cm³/mol. The number of amides is 1. The van der Waals surface area contributed by atoms with Crippen LogP contribution in [0.2, 0.25) is 0 Å². The van der Waals surface area contributed by atoms with Gasteiger partial charge >= 0.3 is 0 Å². The first kappa shape index (κ1) is 16.2. The molecule has 0 aromatic heterocycles. The van der Waals surface area contributed by atoms with Crippen molar-refractivity contribution < 1.29 is 9.18 Å². The highest BCUT2D eigenvalue weighted by molar-refractivity contribution is 5.72. The van der Waals surface area contributed by atoms with E-state index in [0.29, 0.717) is 17.9 Å².